The molecule has 21 heavy (non-hydrogen) atoms. The molecule has 0 aliphatic heterocycles. The summed E-state index contributed by atoms with van der Waals surface area (Å²) in [5, 5.41) is 9.11. The second-order valence-electron chi connectivity index (χ2n) is 4.59. The maximum absolute atomic E-state index is 11.8. The lowest BCUT2D eigenvalue weighted by atomic mass is 10.1. The minimum atomic E-state index is -0.0274. The number of amides is 1. The van der Waals surface area contributed by atoms with Crippen molar-refractivity contribution in [2.45, 2.75) is 6.54 Å². The molecule has 0 spiro atoms. The third-order valence-corrected chi connectivity index (χ3v) is 3.98. The summed E-state index contributed by atoms with van der Waals surface area (Å²) in [7, 11) is 0. The fourth-order valence-electron chi connectivity index (χ4n) is 2.04. The molecular formula is C16H15N3OS. The molecule has 3 rings (SSSR count). The summed E-state index contributed by atoms with van der Waals surface area (Å²) in [6.45, 7) is 1.22. The molecular weight excluding hydrogens is 282 g/mol. The Morgan fingerprint density at radius 1 is 1.14 bits per heavy atom. The van der Waals surface area contributed by atoms with Crippen molar-refractivity contribution < 1.29 is 4.79 Å². The highest BCUT2D eigenvalue weighted by Gasteiger charge is 2.05. The van der Waals surface area contributed by atoms with E-state index in [1.807, 2.05) is 52.8 Å². The van der Waals surface area contributed by atoms with E-state index in [1.54, 1.807) is 0 Å². The maximum atomic E-state index is 11.8. The molecule has 1 amide bonds. The predicted molar refractivity (Wildman–Crippen MR) is 84.3 cm³/mol. The maximum Gasteiger partial charge on any atom is 0.261 e. The van der Waals surface area contributed by atoms with E-state index < -0.39 is 0 Å². The first-order valence-electron chi connectivity index (χ1n) is 6.72. The molecule has 4 nitrogen and oxygen atoms in total. The van der Waals surface area contributed by atoms with E-state index in [1.165, 1.54) is 11.3 Å². The van der Waals surface area contributed by atoms with Crippen LogP contribution < -0.4 is 5.32 Å². The topological polar surface area (TPSA) is 46.9 Å². The number of hydrogen-bond acceptors (Lipinski definition) is 3. The van der Waals surface area contributed by atoms with Crippen LogP contribution in [0.4, 0.5) is 0 Å². The lowest BCUT2D eigenvalue weighted by Crippen LogP contribution is -2.26. The average molecular weight is 297 g/mol. The number of benzene rings is 1. The Morgan fingerprint density at radius 2 is 2.00 bits per heavy atom. The van der Waals surface area contributed by atoms with E-state index in [9.17, 15) is 4.79 Å². The SMILES string of the molecule is O=C(NCCn1cc(-c2ccccc2)cn1)c1cccs1. The zero-order chi connectivity index (χ0) is 14.5. The van der Waals surface area contributed by atoms with Crippen LogP contribution in [0.15, 0.2) is 60.2 Å². The van der Waals surface area contributed by atoms with E-state index in [-0.39, 0.29) is 5.91 Å². The molecule has 0 aliphatic rings. The van der Waals surface area contributed by atoms with Gasteiger partial charge in [-0.25, -0.2) is 0 Å². The van der Waals surface area contributed by atoms with Crippen molar-refractivity contribution in [2.24, 2.45) is 0 Å². The van der Waals surface area contributed by atoms with Crippen molar-refractivity contribution in [1.82, 2.24) is 15.1 Å². The number of carbonyl (C=O) groups excluding carboxylic acids is 1. The van der Waals surface area contributed by atoms with E-state index in [0.717, 1.165) is 16.0 Å². The van der Waals surface area contributed by atoms with E-state index in [2.05, 4.69) is 22.5 Å². The second kappa shape index (κ2) is 6.37. The van der Waals surface area contributed by atoms with Crippen molar-refractivity contribution in [2.75, 3.05) is 6.54 Å². The van der Waals surface area contributed by atoms with E-state index in [0.29, 0.717) is 13.1 Å². The quantitative estimate of drug-likeness (QED) is 0.787. The molecule has 0 saturated heterocycles. The van der Waals surface area contributed by atoms with Crippen LogP contribution in [0.5, 0.6) is 0 Å². The lowest BCUT2D eigenvalue weighted by molar-refractivity contribution is 0.0956. The molecule has 1 N–H and O–H groups in total. The number of hydrogen-bond donors (Lipinski definition) is 1. The highest BCUT2D eigenvalue weighted by Crippen LogP contribution is 2.17. The van der Waals surface area contributed by atoms with Gasteiger partial charge in [0, 0.05) is 18.3 Å². The molecule has 0 bridgehead atoms. The molecule has 0 unspecified atom stereocenters. The van der Waals surface area contributed by atoms with Gasteiger partial charge in [-0.2, -0.15) is 5.10 Å². The molecule has 2 heterocycles. The number of nitrogens with one attached hydrogen (secondary N) is 1. The van der Waals surface area contributed by atoms with Crippen molar-refractivity contribution in [1.29, 1.82) is 0 Å². The molecule has 1 aromatic carbocycles. The number of carbonyl (C=O) groups is 1. The Bertz CT molecular complexity index is 704. The summed E-state index contributed by atoms with van der Waals surface area (Å²) in [5.41, 5.74) is 2.23. The molecule has 0 fully saturated rings. The van der Waals surface area contributed by atoms with Gasteiger partial charge in [0.2, 0.25) is 0 Å². The second-order valence-corrected chi connectivity index (χ2v) is 5.54. The molecule has 0 radical (unpaired) electrons. The molecule has 0 aliphatic carbocycles. The van der Waals surface area contributed by atoms with Gasteiger partial charge in [0.25, 0.3) is 5.91 Å². The van der Waals surface area contributed by atoms with Crippen molar-refractivity contribution in [3.63, 3.8) is 0 Å². The molecule has 2 aromatic heterocycles. The first kappa shape index (κ1) is 13.6. The lowest BCUT2D eigenvalue weighted by Gasteiger charge is -2.03. The number of nitrogens with zero attached hydrogens (tertiary/aromatic N) is 2. The fourth-order valence-corrected chi connectivity index (χ4v) is 2.68. The van der Waals surface area contributed by atoms with Gasteiger partial charge >= 0.3 is 0 Å². The summed E-state index contributed by atoms with van der Waals surface area (Å²) in [6, 6.07) is 13.8. The molecule has 3 aromatic rings. The summed E-state index contributed by atoms with van der Waals surface area (Å²) >= 11 is 1.44. The summed E-state index contributed by atoms with van der Waals surface area (Å²) in [5.74, 6) is -0.0274. The van der Waals surface area contributed by atoms with Gasteiger partial charge in [-0.15, -0.1) is 11.3 Å². The minimum Gasteiger partial charge on any atom is -0.349 e. The molecule has 0 atom stereocenters. The van der Waals surface area contributed by atoms with Crippen LogP contribution in [0.25, 0.3) is 11.1 Å². The van der Waals surface area contributed by atoms with Gasteiger partial charge in [-0.3, -0.25) is 9.48 Å². The highest BCUT2D eigenvalue weighted by molar-refractivity contribution is 7.12. The van der Waals surface area contributed by atoms with Crippen molar-refractivity contribution >= 4 is 17.2 Å². The fraction of sp³-hybridized carbons (Fsp3) is 0.125. The van der Waals surface area contributed by atoms with Crippen LogP contribution in [0.2, 0.25) is 0 Å². The van der Waals surface area contributed by atoms with Crippen LogP contribution >= 0.6 is 11.3 Å². The number of aromatic nitrogens is 2. The summed E-state index contributed by atoms with van der Waals surface area (Å²) in [4.78, 5) is 12.5. The van der Waals surface area contributed by atoms with Gasteiger partial charge in [-0.05, 0) is 17.0 Å². The number of thiophene rings is 1. The van der Waals surface area contributed by atoms with Crippen LogP contribution in [0.3, 0.4) is 0 Å². The van der Waals surface area contributed by atoms with Gasteiger partial charge in [0.1, 0.15) is 0 Å². The summed E-state index contributed by atoms with van der Waals surface area (Å²) in [6.07, 6.45) is 3.84. The van der Waals surface area contributed by atoms with Crippen molar-refractivity contribution in [3.05, 3.63) is 65.1 Å². The minimum absolute atomic E-state index is 0.0274. The Hall–Kier alpha value is -2.40. The predicted octanol–water partition coefficient (Wildman–Crippen LogP) is 3.04. The van der Waals surface area contributed by atoms with Gasteiger partial charge < -0.3 is 5.32 Å². The zero-order valence-electron chi connectivity index (χ0n) is 11.4. The standard InChI is InChI=1S/C16H15N3OS/c20-16(15-7-4-10-21-15)17-8-9-19-12-14(11-18-19)13-5-2-1-3-6-13/h1-7,10-12H,8-9H2,(H,17,20). The largest absolute Gasteiger partial charge is 0.349 e. The number of rotatable bonds is 5. The van der Waals surface area contributed by atoms with E-state index >= 15 is 0 Å². The smallest absolute Gasteiger partial charge is 0.261 e. The third-order valence-electron chi connectivity index (χ3n) is 3.11. The van der Waals surface area contributed by atoms with Crippen LogP contribution in [-0.2, 0) is 6.54 Å². The Morgan fingerprint density at radius 3 is 2.76 bits per heavy atom. The third kappa shape index (κ3) is 3.38. The van der Waals surface area contributed by atoms with Crippen LogP contribution in [0, 0.1) is 0 Å². The average Bonchev–Trinajstić information content (AvgIpc) is 3.20. The highest BCUT2D eigenvalue weighted by atomic mass is 32.1. The van der Waals surface area contributed by atoms with Gasteiger partial charge in [0.05, 0.1) is 17.6 Å². The Balaban J connectivity index is 1.55. The normalized spacial score (nSPS) is 10.5. The van der Waals surface area contributed by atoms with Gasteiger partial charge in [-0.1, -0.05) is 36.4 Å². The van der Waals surface area contributed by atoms with Crippen LogP contribution in [-0.4, -0.2) is 22.2 Å². The van der Waals surface area contributed by atoms with Gasteiger partial charge in [0.15, 0.2) is 0 Å². The first-order valence-corrected chi connectivity index (χ1v) is 7.60. The summed E-state index contributed by atoms with van der Waals surface area (Å²) < 4.78 is 1.84. The molecule has 0 saturated carbocycles. The Kier molecular flexibility index (Phi) is 4.12. The molecule has 5 heteroatoms. The monoisotopic (exact) mass is 297 g/mol. The first-order chi connectivity index (χ1) is 10.3. The van der Waals surface area contributed by atoms with Crippen molar-refractivity contribution in [3.8, 4) is 11.1 Å². The zero-order valence-corrected chi connectivity index (χ0v) is 12.2. The van der Waals surface area contributed by atoms with Crippen LogP contribution in [0.1, 0.15) is 9.67 Å². The Labute approximate surface area is 127 Å². The van der Waals surface area contributed by atoms with E-state index in [4.69, 9.17) is 0 Å². The molecule has 106 valence electrons.